The van der Waals surface area contributed by atoms with Crippen LogP contribution in [-0.4, -0.2) is 25.7 Å². The molecular formula is C22H12Cl2N4O2. The minimum Gasteiger partial charge on any atom is -0.455 e. The first-order chi connectivity index (χ1) is 14.6. The van der Waals surface area contributed by atoms with Gasteiger partial charge in [0, 0.05) is 29.4 Å². The predicted octanol–water partition coefficient (Wildman–Crippen LogP) is 5.84. The van der Waals surface area contributed by atoms with Crippen molar-refractivity contribution in [2.45, 2.75) is 0 Å². The molecule has 0 unspecified atom stereocenters. The number of para-hydroxylation sites is 1. The zero-order valence-corrected chi connectivity index (χ0v) is 16.8. The summed E-state index contributed by atoms with van der Waals surface area (Å²) in [5.74, 6) is 0.806. The number of ketones is 1. The second-order valence-electron chi connectivity index (χ2n) is 6.49. The summed E-state index contributed by atoms with van der Waals surface area (Å²) >= 11 is 12.6. The van der Waals surface area contributed by atoms with E-state index in [0.29, 0.717) is 33.7 Å². The Balaban J connectivity index is 1.49. The normalized spacial score (nSPS) is 11.1. The Bertz CT molecular complexity index is 1430. The fourth-order valence-corrected chi connectivity index (χ4v) is 3.77. The van der Waals surface area contributed by atoms with E-state index in [2.05, 4.69) is 19.9 Å². The number of hydrogen-bond donors (Lipinski definition) is 1. The van der Waals surface area contributed by atoms with Gasteiger partial charge in [0.1, 0.15) is 28.4 Å². The molecule has 0 atom stereocenters. The highest BCUT2D eigenvalue weighted by Crippen LogP contribution is 2.33. The first kappa shape index (κ1) is 18.5. The molecule has 0 spiro atoms. The number of pyridine rings is 1. The van der Waals surface area contributed by atoms with Crippen LogP contribution in [0.5, 0.6) is 11.5 Å². The van der Waals surface area contributed by atoms with Gasteiger partial charge in [0.2, 0.25) is 0 Å². The lowest BCUT2D eigenvalue weighted by molar-refractivity contribution is 0.104. The number of benzene rings is 2. The summed E-state index contributed by atoms with van der Waals surface area (Å²) in [5.41, 5.74) is 1.90. The van der Waals surface area contributed by atoms with Crippen molar-refractivity contribution < 1.29 is 9.53 Å². The van der Waals surface area contributed by atoms with Gasteiger partial charge in [-0.2, -0.15) is 0 Å². The summed E-state index contributed by atoms with van der Waals surface area (Å²) in [7, 11) is 0. The van der Waals surface area contributed by atoms with Crippen molar-refractivity contribution in [3.05, 3.63) is 88.6 Å². The van der Waals surface area contributed by atoms with Gasteiger partial charge >= 0.3 is 0 Å². The molecule has 0 aliphatic carbocycles. The predicted molar refractivity (Wildman–Crippen MR) is 116 cm³/mol. The van der Waals surface area contributed by atoms with E-state index in [1.807, 2.05) is 30.3 Å². The molecule has 0 radical (unpaired) electrons. The number of aromatic nitrogens is 4. The van der Waals surface area contributed by atoms with Crippen LogP contribution in [0.15, 0.2) is 67.3 Å². The van der Waals surface area contributed by atoms with Crippen LogP contribution in [0.1, 0.15) is 15.9 Å². The second kappa shape index (κ2) is 7.40. The van der Waals surface area contributed by atoms with Gasteiger partial charge in [-0.3, -0.25) is 9.78 Å². The van der Waals surface area contributed by atoms with Gasteiger partial charge in [0.15, 0.2) is 11.5 Å². The van der Waals surface area contributed by atoms with Crippen molar-refractivity contribution >= 4 is 50.9 Å². The lowest BCUT2D eigenvalue weighted by Gasteiger charge is -2.10. The Morgan fingerprint density at radius 2 is 1.83 bits per heavy atom. The van der Waals surface area contributed by atoms with Crippen LogP contribution < -0.4 is 4.74 Å². The van der Waals surface area contributed by atoms with Crippen LogP contribution in [0.2, 0.25) is 10.2 Å². The number of carbonyl (C=O) groups is 1. The molecule has 3 aromatic heterocycles. The van der Waals surface area contributed by atoms with Crippen molar-refractivity contribution in [2.75, 3.05) is 0 Å². The van der Waals surface area contributed by atoms with Gasteiger partial charge in [0.25, 0.3) is 0 Å². The molecule has 0 fully saturated rings. The molecule has 1 N–H and O–H groups in total. The molecule has 0 aliphatic rings. The molecule has 0 amide bonds. The number of H-pyrrole nitrogens is 1. The summed E-state index contributed by atoms with van der Waals surface area (Å²) in [6.07, 6.45) is 4.59. The highest BCUT2D eigenvalue weighted by Gasteiger charge is 2.20. The van der Waals surface area contributed by atoms with Crippen molar-refractivity contribution in [1.29, 1.82) is 0 Å². The van der Waals surface area contributed by atoms with Crippen molar-refractivity contribution in [2.24, 2.45) is 0 Å². The molecule has 0 saturated heterocycles. The fraction of sp³-hybridized carbons (Fsp3) is 0. The fourth-order valence-electron chi connectivity index (χ4n) is 3.28. The standard InChI is InChI=1S/C22H12Cl2N4O2/c23-16-9-13(30-17-5-1-3-12-4-2-8-25-19(12)17)6-7-14(16)20(29)15-10-26-22-18(15)21(24)27-11-28-22/h1-11H,(H,26,27,28). The second-order valence-corrected chi connectivity index (χ2v) is 7.26. The number of carbonyl (C=O) groups excluding carboxylic acids is 1. The molecule has 30 heavy (non-hydrogen) atoms. The molecule has 5 rings (SSSR count). The third-order valence-electron chi connectivity index (χ3n) is 4.68. The van der Waals surface area contributed by atoms with Gasteiger partial charge in [-0.15, -0.1) is 0 Å². The molecular weight excluding hydrogens is 423 g/mol. The molecule has 0 saturated carbocycles. The minimum absolute atomic E-state index is 0.198. The Hall–Kier alpha value is -3.48. The molecule has 3 heterocycles. The number of rotatable bonds is 4. The summed E-state index contributed by atoms with van der Waals surface area (Å²) in [5, 5.41) is 1.88. The van der Waals surface area contributed by atoms with Gasteiger partial charge in [0.05, 0.1) is 16.0 Å². The maximum absolute atomic E-state index is 13.1. The van der Waals surface area contributed by atoms with Crippen LogP contribution in [-0.2, 0) is 0 Å². The summed E-state index contributed by atoms with van der Waals surface area (Å²) in [6, 6.07) is 14.4. The first-order valence-electron chi connectivity index (χ1n) is 8.95. The number of nitrogens with one attached hydrogen (secondary N) is 1. The minimum atomic E-state index is -0.290. The van der Waals surface area contributed by atoms with Gasteiger partial charge < -0.3 is 9.72 Å². The molecule has 0 bridgehead atoms. The van der Waals surface area contributed by atoms with Crippen molar-refractivity contribution in [3.8, 4) is 11.5 Å². The number of nitrogens with zero attached hydrogens (tertiary/aromatic N) is 3. The average molecular weight is 435 g/mol. The molecule has 5 aromatic rings. The van der Waals surface area contributed by atoms with Gasteiger partial charge in [-0.1, -0.05) is 41.4 Å². The maximum atomic E-state index is 13.1. The van der Waals surface area contributed by atoms with Crippen LogP contribution in [0.4, 0.5) is 0 Å². The summed E-state index contributed by atoms with van der Waals surface area (Å²) in [4.78, 5) is 28.4. The van der Waals surface area contributed by atoms with Gasteiger partial charge in [-0.05, 0) is 24.3 Å². The maximum Gasteiger partial charge on any atom is 0.196 e. The van der Waals surface area contributed by atoms with Crippen molar-refractivity contribution in [3.63, 3.8) is 0 Å². The SMILES string of the molecule is O=C(c1ccc(Oc2cccc3cccnc23)cc1Cl)c1c[nH]c2ncnc(Cl)c12. The average Bonchev–Trinajstić information content (AvgIpc) is 3.19. The largest absolute Gasteiger partial charge is 0.455 e. The van der Waals surface area contributed by atoms with E-state index in [1.165, 1.54) is 6.33 Å². The number of hydrogen-bond acceptors (Lipinski definition) is 5. The topological polar surface area (TPSA) is 80.8 Å². The number of ether oxygens (including phenoxy) is 1. The van der Waals surface area contributed by atoms with E-state index < -0.39 is 0 Å². The van der Waals surface area contributed by atoms with E-state index in [-0.39, 0.29) is 16.0 Å². The Labute approximate surface area is 180 Å². The zero-order chi connectivity index (χ0) is 20.7. The van der Waals surface area contributed by atoms with E-state index in [4.69, 9.17) is 27.9 Å². The first-order valence-corrected chi connectivity index (χ1v) is 9.71. The lowest BCUT2D eigenvalue weighted by Crippen LogP contribution is -2.02. The molecule has 8 heteroatoms. The summed E-state index contributed by atoms with van der Waals surface area (Å²) in [6.45, 7) is 0. The molecule has 146 valence electrons. The monoisotopic (exact) mass is 434 g/mol. The Kier molecular flexibility index (Phi) is 4.58. The molecule has 2 aromatic carbocycles. The van der Waals surface area contributed by atoms with Crippen LogP contribution in [0.3, 0.4) is 0 Å². The van der Waals surface area contributed by atoms with Crippen LogP contribution >= 0.6 is 23.2 Å². The smallest absolute Gasteiger partial charge is 0.196 e. The third kappa shape index (κ3) is 3.16. The van der Waals surface area contributed by atoms with E-state index in [0.717, 1.165) is 10.9 Å². The Morgan fingerprint density at radius 3 is 2.70 bits per heavy atom. The molecule has 6 nitrogen and oxygen atoms in total. The van der Waals surface area contributed by atoms with Crippen LogP contribution in [0, 0.1) is 0 Å². The van der Waals surface area contributed by atoms with E-state index in [1.54, 1.807) is 30.6 Å². The zero-order valence-electron chi connectivity index (χ0n) is 15.3. The third-order valence-corrected chi connectivity index (χ3v) is 5.28. The highest BCUT2D eigenvalue weighted by atomic mass is 35.5. The molecule has 0 aliphatic heterocycles. The van der Waals surface area contributed by atoms with Crippen LogP contribution in [0.25, 0.3) is 21.9 Å². The Morgan fingerprint density at radius 1 is 0.967 bits per heavy atom. The number of halogens is 2. The van der Waals surface area contributed by atoms with Crippen molar-refractivity contribution in [1.82, 2.24) is 19.9 Å². The van der Waals surface area contributed by atoms with E-state index in [9.17, 15) is 4.79 Å². The number of aromatic amines is 1. The van der Waals surface area contributed by atoms with E-state index >= 15 is 0 Å². The quantitative estimate of drug-likeness (QED) is 0.284. The number of fused-ring (bicyclic) bond motifs is 2. The highest BCUT2D eigenvalue weighted by molar-refractivity contribution is 6.38. The lowest BCUT2D eigenvalue weighted by atomic mass is 10.0. The van der Waals surface area contributed by atoms with Gasteiger partial charge in [-0.25, -0.2) is 9.97 Å². The summed E-state index contributed by atoms with van der Waals surface area (Å²) < 4.78 is 5.98.